The van der Waals surface area contributed by atoms with Gasteiger partial charge in [0.25, 0.3) is 0 Å². The van der Waals surface area contributed by atoms with Crippen LogP contribution in [0, 0.1) is 5.41 Å². The third kappa shape index (κ3) is 4.96. The van der Waals surface area contributed by atoms with Crippen LogP contribution in [0.25, 0.3) is 0 Å². The molecule has 0 aromatic heterocycles. The van der Waals surface area contributed by atoms with E-state index in [1.165, 1.54) is 0 Å². The quantitative estimate of drug-likeness (QED) is 0.320. The number of ether oxygens (including phenoxy) is 1. The van der Waals surface area contributed by atoms with E-state index in [0.29, 0.717) is 31.5 Å². The Labute approximate surface area is 122 Å². The van der Waals surface area contributed by atoms with E-state index in [-0.39, 0.29) is 12.1 Å². The van der Waals surface area contributed by atoms with Crippen molar-refractivity contribution in [2.24, 2.45) is 10.6 Å². The van der Waals surface area contributed by atoms with Gasteiger partial charge in [-0.25, -0.2) is 9.93 Å². The molecule has 1 aliphatic rings. The van der Waals surface area contributed by atoms with Crippen molar-refractivity contribution in [1.82, 2.24) is 4.72 Å². The zero-order valence-corrected chi connectivity index (χ0v) is 12.3. The number of thiol groups is 1. The van der Waals surface area contributed by atoms with Crippen LogP contribution in [-0.2, 0) is 13.7 Å². The van der Waals surface area contributed by atoms with E-state index in [9.17, 15) is 9.59 Å². The highest BCUT2D eigenvalue weighted by molar-refractivity contribution is 7.92. The third-order valence-electron chi connectivity index (χ3n) is 3.10. The molecule has 0 saturated carbocycles. The molecule has 0 radical (unpaired) electrons. The Kier molecular flexibility index (Phi) is 6.53. The standard InChI is InChI=1S/C11H18N2O4S2/c1-11(9(14)17-19-12)6-2-4-8(5-3-7-11)16-10(15)13-18/h2,4,8,18H,3,5-7,12H2,1H3,(H,13,15)/b4-2+. The fourth-order valence-electron chi connectivity index (χ4n) is 1.96. The van der Waals surface area contributed by atoms with Gasteiger partial charge in [-0.05, 0) is 38.7 Å². The van der Waals surface area contributed by atoms with Crippen LogP contribution in [0.4, 0.5) is 4.79 Å². The van der Waals surface area contributed by atoms with E-state index in [0.717, 1.165) is 6.42 Å². The summed E-state index contributed by atoms with van der Waals surface area (Å²) in [7, 11) is 0. The molecule has 0 aliphatic heterocycles. The van der Waals surface area contributed by atoms with Gasteiger partial charge in [0.2, 0.25) is 0 Å². The van der Waals surface area contributed by atoms with Crippen molar-refractivity contribution >= 4 is 37.1 Å². The van der Waals surface area contributed by atoms with Gasteiger partial charge in [0.1, 0.15) is 18.3 Å². The molecule has 2 unspecified atom stereocenters. The molecule has 0 aromatic rings. The van der Waals surface area contributed by atoms with E-state index in [4.69, 9.17) is 14.1 Å². The lowest BCUT2D eigenvalue weighted by Gasteiger charge is -2.27. The molecule has 19 heavy (non-hydrogen) atoms. The summed E-state index contributed by atoms with van der Waals surface area (Å²) in [4.78, 5) is 22.9. The van der Waals surface area contributed by atoms with Gasteiger partial charge < -0.3 is 8.92 Å². The van der Waals surface area contributed by atoms with Crippen molar-refractivity contribution in [1.29, 1.82) is 0 Å². The molecule has 1 amide bonds. The highest BCUT2D eigenvalue weighted by Gasteiger charge is 2.35. The minimum absolute atomic E-state index is 0.295. The molecule has 6 nitrogen and oxygen atoms in total. The second kappa shape index (κ2) is 7.66. The predicted octanol–water partition coefficient (Wildman–Crippen LogP) is 2.13. The number of allylic oxidation sites excluding steroid dienone is 1. The fraction of sp³-hybridized carbons (Fsp3) is 0.636. The van der Waals surface area contributed by atoms with Crippen molar-refractivity contribution in [3.63, 3.8) is 0 Å². The normalized spacial score (nSPS) is 28.7. The maximum absolute atomic E-state index is 11.8. The fourth-order valence-corrected chi connectivity index (χ4v) is 2.30. The van der Waals surface area contributed by atoms with Crippen molar-refractivity contribution < 1.29 is 18.5 Å². The predicted molar refractivity (Wildman–Crippen MR) is 76.0 cm³/mol. The number of carbonyl (C=O) groups excluding carboxylic acids is 2. The van der Waals surface area contributed by atoms with Crippen LogP contribution in [0.2, 0.25) is 0 Å². The molecule has 0 bridgehead atoms. The Morgan fingerprint density at radius 1 is 1.58 bits per heavy atom. The summed E-state index contributed by atoms with van der Waals surface area (Å²) in [6.07, 6.45) is 5.30. The number of amides is 1. The second-order valence-corrected chi connectivity index (χ2v) is 5.19. The Morgan fingerprint density at radius 3 is 2.95 bits per heavy atom. The molecule has 0 heterocycles. The molecule has 108 valence electrons. The highest BCUT2D eigenvalue weighted by Crippen LogP contribution is 2.33. The van der Waals surface area contributed by atoms with Crippen molar-refractivity contribution in [2.75, 3.05) is 0 Å². The molecule has 0 saturated heterocycles. The minimum atomic E-state index is -0.584. The third-order valence-corrected chi connectivity index (χ3v) is 3.53. The smallest absolute Gasteiger partial charge is 0.417 e. The molecule has 0 aromatic carbocycles. The van der Waals surface area contributed by atoms with Gasteiger partial charge >= 0.3 is 12.1 Å². The number of carbonyl (C=O) groups is 2. The molecule has 1 aliphatic carbocycles. The van der Waals surface area contributed by atoms with Crippen LogP contribution in [0.1, 0.15) is 32.6 Å². The van der Waals surface area contributed by atoms with Gasteiger partial charge in [-0.2, -0.15) is 0 Å². The Bertz CT molecular complexity index is 365. The van der Waals surface area contributed by atoms with Gasteiger partial charge in [-0.3, -0.25) is 9.52 Å². The van der Waals surface area contributed by atoms with Crippen LogP contribution in [0.5, 0.6) is 0 Å². The summed E-state index contributed by atoms with van der Waals surface area (Å²) >= 11 is 4.18. The SMILES string of the molecule is CC1(C(=O)OSN)C/C=C/C(OC(=O)NS)CCC1. The lowest BCUT2D eigenvalue weighted by molar-refractivity contribution is -0.144. The maximum Gasteiger partial charge on any atom is 0.417 e. The number of nitrogens with two attached hydrogens (primary N) is 1. The van der Waals surface area contributed by atoms with Crippen LogP contribution < -0.4 is 9.86 Å². The van der Waals surface area contributed by atoms with E-state index < -0.39 is 11.5 Å². The maximum atomic E-state index is 11.8. The van der Waals surface area contributed by atoms with Gasteiger partial charge in [0.05, 0.1) is 5.41 Å². The first-order chi connectivity index (χ1) is 9.01. The molecule has 0 fully saturated rings. The second-order valence-electron chi connectivity index (χ2n) is 4.61. The molecule has 8 heteroatoms. The molecule has 2 atom stereocenters. The van der Waals surface area contributed by atoms with Gasteiger partial charge in [0.15, 0.2) is 0 Å². The summed E-state index contributed by atoms with van der Waals surface area (Å²) in [5, 5.41) is 5.14. The summed E-state index contributed by atoms with van der Waals surface area (Å²) in [5.74, 6) is -0.322. The van der Waals surface area contributed by atoms with Gasteiger partial charge in [-0.15, -0.1) is 0 Å². The Balaban J connectivity index is 2.62. The van der Waals surface area contributed by atoms with Crippen LogP contribution >= 0.6 is 25.0 Å². The Hall–Kier alpha value is -0.860. The lowest BCUT2D eigenvalue weighted by atomic mass is 9.80. The molecule has 1 rings (SSSR count). The highest BCUT2D eigenvalue weighted by atomic mass is 32.2. The number of hydrogen-bond acceptors (Lipinski definition) is 7. The van der Waals surface area contributed by atoms with Crippen LogP contribution in [-0.4, -0.2) is 18.2 Å². The van der Waals surface area contributed by atoms with E-state index in [1.807, 2.05) is 13.0 Å². The summed E-state index contributed by atoms with van der Waals surface area (Å²) in [5.41, 5.74) is -0.584. The summed E-state index contributed by atoms with van der Waals surface area (Å²) in [6.45, 7) is 1.84. The average molecular weight is 306 g/mol. The first-order valence-electron chi connectivity index (χ1n) is 5.87. The van der Waals surface area contributed by atoms with Crippen molar-refractivity contribution in [3.05, 3.63) is 12.2 Å². The van der Waals surface area contributed by atoms with Crippen molar-refractivity contribution in [2.45, 2.75) is 38.7 Å². The first-order valence-corrected chi connectivity index (χ1v) is 7.12. The average Bonchev–Trinajstić information content (AvgIpc) is 2.36. The largest absolute Gasteiger partial charge is 0.441 e. The zero-order chi connectivity index (χ0) is 14.3. The van der Waals surface area contributed by atoms with E-state index >= 15 is 0 Å². The van der Waals surface area contributed by atoms with Crippen LogP contribution in [0.15, 0.2) is 12.2 Å². The number of hydrogen-bond donors (Lipinski definition) is 3. The summed E-state index contributed by atoms with van der Waals surface area (Å²) < 4.78 is 12.0. The molecular formula is C11H18N2O4S2. The molecule has 0 spiro atoms. The zero-order valence-electron chi connectivity index (χ0n) is 10.6. The number of nitrogens with one attached hydrogen (secondary N) is 1. The van der Waals surface area contributed by atoms with Crippen molar-refractivity contribution in [3.8, 4) is 0 Å². The van der Waals surface area contributed by atoms with E-state index in [1.54, 1.807) is 6.08 Å². The lowest BCUT2D eigenvalue weighted by Crippen LogP contribution is -2.30. The minimum Gasteiger partial charge on any atom is -0.441 e. The van der Waals surface area contributed by atoms with Gasteiger partial charge in [0, 0.05) is 0 Å². The van der Waals surface area contributed by atoms with Crippen LogP contribution in [0.3, 0.4) is 0 Å². The monoisotopic (exact) mass is 306 g/mol. The Morgan fingerprint density at radius 2 is 2.32 bits per heavy atom. The first kappa shape index (κ1) is 16.2. The molecule has 3 N–H and O–H groups in total. The topological polar surface area (TPSA) is 90.7 Å². The summed E-state index contributed by atoms with van der Waals surface area (Å²) in [6, 6.07) is 0. The van der Waals surface area contributed by atoms with Gasteiger partial charge in [-0.1, -0.05) is 18.9 Å². The number of rotatable bonds is 3. The van der Waals surface area contributed by atoms with E-state index in [2.05, 4.69) is 17.5 Å². The molecular weight excluding hydrogens is 288 g/mol.